The van der Waals surface area contributed by atoms with Crippen LogP contribution in [-0.2, 0) is 4.79 Å². The molecule has 1 aliphatic rings. The summed E-state index contributed by atoms with van der Waals surface area (Å²) in [6, 6.07) is 26.5. The van der Waals surface area contributed by atoms with Crippen LogP contribution in [0.5, 0.6) is 0 Å². The van der Waals surface area contributed by atoms with Gasteiger partial charge in [-0.1, -0.05) is 61.2 Å². The summed E-state index contributed by atoms with van der Waals surface area (Å²) in [7, 11) is 0. The number of para-hydroxylation sites is 2. The summed E-state index contributed by atoms with van der Waals surface area (Å²) < 4.78 is 0. The van der Waals surface area contributed by atoms with E-state index in [4.69, 9.17) is 0 Å². The predicted molar refractivity (Wildman–Crippen MR) is 111 cm³/mol. The van der Waals surface area contributed by atoms with E-state index in [1.807, 2.05) is 59.5 Å². The van der Waals surface area contributed by atoms with Gasteiger partial charge in [0.2, 0.25) is 5.91 Å². The number of carbonyl (C=O) groups is 1. The van der Waals surface area contributed by atoms with Gasteiger partial charge in [-0.15, -0.1) is 11.8 Å². The Labute approximate surface area is 162 Å². The first-order chi connectivity index (χ1) is 12.8. The zero-order valence-corrected chi connectivity index (χ0v) is 16.1. The van der Waals surface area contributed by atoms with E-state index in [0.717, 1.165) is 32.5 Å². The minimum absolute atomic E-state index is 0.124. The van der Waals surface area contributed by atoms with Crippen LogP contribution in [0.2, 0.25) is 0 Å². The van der Waals surface area contributed by atoms with Crippen molar-refractivity contribution in [1.29, 1.82) is 0 Å². The molecule has 4 rings (SSSR count). The number of fused-ring (bicyclic) bond motifs is 2. The fourth-order valence-electron chi connectivity index (χ4n) is 3.06. The van der Waals surface area contributed by atoms with Crippen molar-refractivity contribution in [3.05, 3.63) is 78.9 Å². The molecule has 1 heterocycles. The Hall–Kier alpha value is -2.17. The maximum Gasteiger partial charge on any atom is 0.245 e. The smallest absolute Gasteiger partial charge is 0.245 e. The van der Waals surface area contributed by atoms with Gasteiger partial charge in [-0.05, 0) is 42.8 Å². The lowest BCUT2D eigenvalue weighted by atomic mass is 10.2. The average Bonchev–Trinajstić information content (AvgIpc) is 2.70. The highest BCUT2D eigenvalue weighted by molar-refractivity contribution is 8.00. The van der Waals surface area contributed by atoms with Gasteiger partial charge in [0.1, 0.15) is 0 Å². The third kappa shape index (κ3) is 3.27. The second-order valence-electron chi connectivity index (χ2n) is 6.04. The topological polar surface area (TPSA) is 20.3 Å². The molecule has 0 saturated carbocycles. The zero-order valence-electron chi connectivity index (χ0n) is 14.5. The van der Waals surface area contributed by atoms with Crippen LogP contribution in [0.25, 0.3) is 0 Å². The van der Waals surface area contributed by atoms with Crippen molar-refractivity contribution >= 4 is 40.8 Å². The van der Waals surface area contributed by atoms with Gasteiger partial charge in [-0.2, -0.15) is 0 Å². The third-order valence-corrected chi connectivity index (χ3v) is 6.81. The van der Waals surface area contributed by atoms with Crippen molar-refractivity contribution in [2.45, 2.75) is 33.3 Å². The average molecular weight is 378 g/mol. The second kappa shape index (κ2) is 7.60. The van der Waals surface area contributed by atoms with Gasteiger partial charge in [0.05, 0.1) is 16.6 Å². The van der Waals surface area contributed by atoms with Gasteiger partial charge in [0.25, 0.3) is 0 Å². The van der Waals surface area contributed by atoms with Gasteiger partial charge in [-0.3, -0.25) is 9.69 Å². The fourth-order valence-corrected chi connectivity index (χ4v) is 5.13. The Morgan fingerprint density at radius 2 is 1.42 bits per heavy atom. The van der Waals surface area contributed by atoms with Crippen molar-refractivity contribution in [3.63, 3.8) is 0 Å². The number of anilines is 2. The van der Waals surface area contributed by atoms with E-state index < -0.39 is 0 Å². The maximum absolute atomic E-state index is 13.6. The number of amides is 1. The van der Waals surface area contributed by atoms with Crippen LogP contribution in [0.3, 0.4) is 0 Å². The quantitative estimate of drug-likeness (QED) is 0.492. The molecular weight excluding hydrogens is 358 g/mol. The normalized spacial score (nSPS) is 13.7. The molecule has 0 saturated heterocycles. The molecule has 0 bridgehead atoms. The minimum Gasteiger partial charge on any atom is -0.278 e. The SMILES string of the molecule is CCC(Sc1ccccc1)C(=O)N1c2ccccc2Sc2ccccc21. The van der Waals surface area contributed by atoms with Gasteiger partial charge in [0.15, 0.2) is 0 Å². The number of carbonyl (C=O) groups excluding carboxylic acids is 1. The lowest BCUT2D eigenvalue weighted by molar-refractivity contribution is -0.117. The van der Waals surface area contributed by atoms with Gasteiger partial charge in [-0.25, -0.2) is 0 Å². The fraction of sp³-hybridized carbons (Fsp3) is 0.136. The van der Waals surface area contributed by atoms with Crippen LogP contribution in [0, 0.1) is 0 Å². The Balaban J connectivity index is 1.73. The van der Waals surface area contributed by atoms with E-state index in [2.05, 4.69) is 31.2 Å². The third-order valence-electron chi connectivity index (χ3n) is 4.32. The molecule has 26 heavy (non-hydrogen) atoms. The molecule has 0 N–H and O–H groups in total. The molecule has 0 aliphatic carbocycles. The molecule has 1 aliphatic heterocycles. The molecule has 3 aromatic carbocycles. The number of thioether (sulfide) groups is 1. The lowest BCUT2D eigenvalue weighted by Crippen LogP contribution is -2.35. The summed E-state index contributed by atoms with van der Waals surface area (Å²) in [6.45, 7) is 2.08. The first kappa shape index (κ1) is 17.3. The summed E-state index contributed by atoms with van der Waals surface area (Å²) >= 11 is 3.37. The summed E-state index contributed by atoms with van der Waals surface area (Å²) in [6.07, 6.45) is 0.784. The predicted octanol–water partition coefficient (Wildman–Crippen LogP) is 6.39. The van der Waals surface area contributed by atoms with E-state index in [1.54, 1.807) is 23.5 Å². The Morgan fingerprint density at radius 1 is 0.885 bits per heavy atom. The molecule has 1 amide bonds. The van der Waals surface area contributed by atoms with Crippen molar-refractivity contribution < 1.29 is 4.79 Å². The van der Waals surface area contributed by atoms with E-state index in [0.29, 0.717) is 0 Å². The second-order valence-corrected chi connectivity index (χ2v) is 8.40. The molecule has 0 spiro atoms. The summed E-state index contributed by atoms with van der Waals surface area (Å²) in [5.41, 5.74) is 1.96. The summed E-state index contributed by atoms with van der Waals surface area (Å²) in [5, 5.41) is -0.124. The molecule has 0 radical (unpaired) electrons. The number of rotatable bonds is 4. The minimum atomic E-state index is -0.124. The van der Waals surface area contributed by atoms with Gasteiger partial charge in [0, 0.05) is 14.7 Å². The monoisotopic (exact) mass is 377 g/mol. The summed E-state index contributed by atoms with van der Waals surface area (Å²) in [4.78, 5) is 18.8. The molecule has 0 aromatic heterocycles. The van der Waals surface area contributed by atoms with Crippen LogP contribution in [0.15, 0.2) is 93.5 Å². The molecule has 0 fully saturated rings. The lowest BCUT2D eigenvalue weighted by Gasteiger charge is -2.33. The van der Waals surface area contributed by atoms with Crippen LogP contribution < -0.4 is 4.90 Å². The molecule has 4 heteroatoms. The number of hydrogen-bond acceptors (Lipinski definition) is 3. The molecule has 130 valence electrons. The van der Waals surface area contributed by atoms with Gasteiger partial charge >= 0.3 is 0 Å². The first-order valence-corrected chi connectivity index (χ1v) is 10.4. The standard InChI is InChI=1S/C22H19NOS2/c1-2-19(25-16-10-4-3-5-11-16)22(24)23-17-12-6-8-14-20(17)26-21-15-9-7-13-18(21)23/h3-15,19H,2H2,1H3. The number of hydrogen-bond donors (Lipinski definition) is 0. The maximum atomic E-state index is 13.6. The van der Waals surface area contributed by atoms with Crippen LogP contribution >= 0.6 is 23.5 Å². The summed E-state index contributed by atoms with van der Waals surface area (Å²) in [5.74, 6) is 0.140. The van der Waals surface area contributed by atoms with Crippen molar-refractivity contribution in [1.82, 2.24) is 0 Å². The largest absolute Gasteiger partial charge is 0.278 e. The van der Waals surface area contributed by atoms with E-state index in [9.17, 15) is 4.79 Å². The highest BCUT2D eigenvalue weighted by Crippen LogP contribution is 2.48. The Kier molecular flexibility index (Phi) is 5.05. The van der Waals surface area contributed by atoms with E-state index >= 15 is 0 Å². The zero-order chi connectivity index (χ0) is 17.9. The number of benzene rings is 3. The van der Waals surface area contributed by atoms with E-state index in [-0.39, 0.29) is 11.2 Å². The first-order valence-electron chi connectivity index (χ1n) is 8.69. The molecule has 2 nitrogen and oxygen atoms in total. The van der Waals surface area contributed by atoms with Crippen LogP contribution in [0.4, 0.5) is 11.4 Å². The van der Waals surface area contributed by atoms with E-state index in [1.165, 1.54) is 0 Å². The highest BCUT2D eigenvalue weighted by atomic mass is 32.2. The molecule has 3 aromatic rings. The van der Waals surface area contributed by atoms with Crippen molar-refractivity contribution in [2.24, 2.45) is 0 Å². The van der Waals surface area contributed by atoms with Gasteiger partial charge < -0.3 is 0 Å². The van der Waals surface area contributed by atoms with Crippen molar-refractivity contribution in [3.8, 4) is 0 Å². The number of nitrogens with zero attached hydrogens (tertiary/aromatic N) is 1. The molecular formula is C22H19NOS2. The van der Waals surface area contributed by atoms with Crippen LogP contribution in [0.1, 0.15) is 13.3 Å². The van der Waals surface area contributed by atoms with Crippen LogP contribution in [-0.4, -0.2) is 11.2 Å². The molecule has 1 atom stereocenters. The Morgan fingerprint density at radius 3 is 2.00 bits per heavy atom. The Bertz CT molecular complexity index is 881. The highest BCUT2D eigenvalue weighted by Gasteiger charge is 2.32. The van der Waals surface area contributed by atoms with Crippen molar-refractivity contribution in [2.75, 3.05) is 4.90 Å². The molecule has 1 unspecified atom stereocenters.